The van der Waals surface area contributed by atoms with Crippen LogP contribution in [0.3, 0.4) is 0 Å². The van der Waals surface area contributed by atoms with Gasteiger partial charge >= 0.3 is 0 Å². The number of halogens is 1. The first kappa shape index (κ1) is 12.9. The van der Waals surface area contributed by atoms with E-state index in [0.29, 0.717) is 5.02 Å². The summed E-state index contributed by atoms with van der Waals surface area (Å²) in [5.74, 6) is -0.459. The molecule has 0 radical (unpaired) electrons. The highest BCUT2D eigenvalue weighted by atomic mass is 35.5. The number of hydrogen-bond donors (Lipinski definition) is 3. The van der Waals surface area contributed by atoms with E-state index in [0.717, 1.165) is 0 Å². The number of hydrazine groups is 1. The van der Waals surface area contributed by atoms with Crippen LogP contribution in [-0.2, 0) is 9.84 Å². The van der Waals surface area contributed by atoms with Gasteiger partial charge in [0.1, 0.15) is 5.58 Å². The van der Waals surface area contributed by atoms with Crippen LogP contribution in [0.4, 0.5) is 0 Å². The van der Waals surface area contributed by atoms with Crippen molar-refractivity contribution in [1.29, 1.82) is 0 Å². The normalized spacial score (nSPS) is 14.8. The molecule has 1 aromatic heterocycles. The van der Waals surface area contributed by atoms with E-state index in [1.165, 1.54) is 30.5 Å². The Kier molecular flexibility index (Phi) is 2.88. The monoisotopic (exact) mass is 312 g/mol. The fourth-order valence-electron chi connectivity index (χ4n) is 1.81. The fraction of sp³-hybridized carbons (Fsp3) is 0. The van der Waals surface area contributed by atoms with Gasteiger partial charge < -0.3 is 14.9 Å². The Balaban J connectivity index is 2.22. The number of sulfone groups is 1. The SMILES string of the molecule is O=S(=O)(C1=CC=CNN1)c1oc2ccc(Cl)cc2c1O. The van der Waals surface area contributed by atoms with E-state index in [9.17, 15) is 13.5 Å². The highest BCUT2D eigenvalue weighted by Crippen LogP contribution is 2.38. The van der Waals surface area contributed by atoms with Crippen molar-refractivity contribution in [3.8, 4) is 5.75 Å². The molecule has 0 spiro atoms. The van der Waals surface area contributed by atoms with E-state index >= 15 is 0 Å². The molecule has 0 bridgehead atoms. The van der Waals surface area contributed by atoms with Crippen LogP contribution in [0.1, 0.15) is 0 Å². The minimum Gasteiger partial charge on any atom is -0.503 e. The molecule has 1 aromatic carbocycles. The van der Waals surface area contributed by atoms with Crippen LogP contribution in [0.2, 0.25) is 5.02 Å². The van der Waals surface area contributed by atoms with Gasteiger partial charge in [-0.05, 0) is 30.4 Å². The van der Waals surface area contributed by atoms with Crippen molar-refractivity contribution >= 4 is 32.4 Å². The molecule has 8 heteroatoms. The Morgan fingerprint density at radius 3 is 2.80 bits per heavy atom. The lowest BCUT2D eigenvalue weighted by atomic mass is 10.2. The Labute approximate surface area is 119 Å². The molecule has 2 aromatic rings. The Morgan fingerprint density at radius 2 is 2.10 bits per heavy atom. The van der Waals surface area contributed by atoms with Crippen molar-refractivity contribution in [1.82, 2.24) is 10.9 Å². The van der Waals surface area contributed by atoms with E-state index in [4.69, 9.17) is 16.0 Å². The molecule has 1 aliphatic heterocycles. The molecule has 0 fully saturated rings. The number of rotatable bonds is 2. The van der Waals surface area contributed by atoms with Gasteiger partial charge in [-0.3, -0.25) is 5.43 Å². The van der Waals surface area contributed by atoms with Crippen LogP contribution in [0.15, 0.2) is 51.1 Å². The number of allylic oxidation sites excluding steroid dienone is 2. The number of aromatic hydroxyl groups is 1. The third-order valence-corrected chi connectivity index (χ3v) is 4.57. The number of hydrogen-bond acceptors (Lipinski definition) is 6. The molecular weight excluding hydrogens is 304 g/mol. The molecule has 3 rings (SSSR count). The summed E-state index contributed by atoms with van der Waals surface area (Å²) in [5, 5.41) is 10.0. The first-order chi connectivity index (χ1) is 9.50. The Bertz CT molecular complexity index is 852. The minimum atomic E-state index is -3.99. The van der Waals surface area contributed by atoms with Crippen molar-refractivity contribution < 1.29 is 17.9 Å². The van der Waals surface area contributed by atoms with E-state index in [-0.39, 0.29) is 16.0 Å². The first-order valence-electron chi connectivity index (χ1n) is 5.54. The summed E-state index contributed by atoms with van der Waals surface area (Å²) in [6.45, 7) is 0. The Hall–Kier alpha value is -2.12. The molecule has 3 N–H and O–H groups in total. The zero-order valence-corrected chi connectivity index (χ0v) is 11.5. The van der Waals surface area contributed by atoms with Crippen LogP contribution in [-0.4, -0.2) is 13.5 Å². The van der Waals surface area contributed by atoms with Gasteiger partial charge in [-0.2, -0.15) is 0 Å². The summed E-state index contributed by atoms with van der Waals surface area (Å²) in [6, 6.07) is 4.48. The first-order valence-corrected chi connectivity index (χ1v) is 7.41. The van der Waals surface area contributed by atoms with Gasteiger partial charge in [0.15, 0.2) is 10.8 Å². The lowest BCUT2D eigenvalue weighted by Crippen LogP contribution is -2.32. The highest BCUT2D eigenvalue weighted by Gasteiger charge is 2.30. The molecule has 0 saturated heterocycles. The van der Waals surface area contributed by atoms with E-state index in [1.54, 1.807) is 6.07 Å². The quantitative estimate of drug-likeness (QED) is 0.786. The van der Waals surface area contributed by atoms with Crippen molar-refractivity contribution in [2.75, 3.05) is 0 Å². The zero-order valence-electron chi connectivity index (χ0n) is 9.92. The molecule has 0 aliphatic carbocycles. The van der Waals surface area contributed by atoms with Gasteiger partial charge in [-0.25, -0.2) is 8.42 Å². The smallest absolute Gasteiger partial charge is 0.267 e. The van der Waals surface area contributed by atoms with Crippen molar-refractivity contribution in [2.24, 2.45) is 0 Å². The molecule has 6 nitrogen and oxygen atoms in total. The molecule has 1 aliphatic rings. The molecule has 104 valence electrons. The molecule has 0 atom stereocenters. The third-order valence-electron chi connectivity index (χ3n) is 2.75. The predicted molar refractivity (Wildman–Crippen MR) is 73.6 cm³/mol. The topological polar surface area (TPSA) is 91.6 Å². The number of furan rings is 1. The van der Waals surface area contributed by atoms with Crippen LogP contribution < -0.4 is 10.9 Å². The fourth-order valence-corrected chi connectivity index (χ4v) is 3.20. The van der Waals surface area contributed by atoms with Gasteiger partial charge in [-0.15, -0.1) is 0 Å². The van der Waals surface area contributed by atoms with E-state index < -0.39 is 20.7 Å². The maximum absolute atomic E-state index is 12.4. The maximum Gasteiger partial charge on any atom is 0.267 e. The molecule has 20 heavy (non-hydrogen) atoms. The number of nitrogens with one attached hydrogen (secondary N) is 2. The summed E-state index contributed by atoms with van der Waals surface area (Å²) < 4.78 is 30.0. The van der Waals surface area contributed by atoms with Crippen LogP contribution in [0.25, 0.3) is 11.0 Å². The van der Waals surface area contributed by atoms with Crippen LogP contribution in [0, 0.1) is 0 Å². The summed E-state index contributed by atoms with van der Waals surface area (Å²) in [6.07, 6.45) is 4.39. The average molecular weight is 313 g/mol. The summed E-state index contributed by atoms with van der Waals surface area (Å²) in [4.78, 5) is 0. The molecule has 0 amide bonds. The minimum absolute atomic E-state index is 0.125. The maximum atomic E-state index is 12.4. The van der Waals surface area contributed by atoms with Crippen molar-refractivity contribution in [2.45, 2.75) is 5.09 Å². The number of benzene rings is 1. The zero-order chi connectivity index (χ0) is 14.3. The standard InChI is InChI=1S/C12H9ClN2O4S/c13-7-3-4-9-8(6-7)11(16)12(19-9)20(17,18)10-2-1-5-14-15-10/h1-6,14-16H. The lowest BCUT2D eigenvalue weighted by Gasteiger charge is -2.12. The number of fused-ring (bicyclic) bond motifs is 1. The lowest BCUT2D eigenvalue weighted by molar-refractivity contribution is 0.404. The second-order valence-corrected chi connectivity index (χ2v) is 6.30. The average Bonchev–Trinajstić information content (AvgIpc) is 2.78. The van der Waals surface area contributed by atoms with Crippen LogP contribution >= 0.6 is 11.6 Å². The van der Waals surface area contributed by atoms with Crippen LogP contribution in [0.5, 0.6) is 5.75 Å². The summed E-state index contributed by atoms with van der Waals surface area (Å²) >= 11 is 5.82. The molecular formula is C12H9ClN2O4S. The molecule has 0 unspecified atom stereocenters. The third kappa shape index (κ3) is 1.91. The summed E-state index contributed by atoms with van der Waals surface area (Å²) in [7, 11) is -3.99. The van der Waals surface area contributed by atoms with E-state index in [2.05, 4.69) is 10.9 Å². The molecule has 2 heterocycles. The summed E-state index contributed by atoms with van der Waals surface area (Å²) in [5.41, 5.74) is 5.27. The van der Waals surface area contributed by atoms with Gasteiger partial charge in [0, 0.05) is 11.2 Å². The largest absolute Gasteiger partial charge is 0.503 e. The van der Waals surface area contributed by atoms with E-state index in [1.807, 2.05) is 0 Å². The Morgan fingerprint density at radius 1 is 1.30 bits per heavy atom. The molecule has 0 saturated carbocycles. The van der Waals surface area contributed by atoms with Gasteiger partial charge in [0.2, 0.25) is 0 Å². The predicted octanol–water partition coefficient (Wildman–Crippen LogP) is 2.03. The highest BCUT2D eigenvalue weighted by molar-refractivity contribution is 7.95. The van der Waals surface area contributed by atoms with Gasteiger partial charge in [-0.1, -0.05) is 11.6 Å². The van der Waals surface area contributed by atoms with Crippen molar-refractivity contribution in [3.63, 3.8) is 0 Å². The van der Waals surface area contributed by atoms with Gasteiger partial charge in [0.25, 0.3) is 14.9 Å². The second kappa shape index (κ2) is 4.46. The van der Waals surface area contributed by atoms with Crippen molar-refractivity contribution in [3.05, 3.63) is 46.6 Å². The second-order valence-electron chi connectivity index (χ2n) is 4.04. The van der Waals surface area contributed by atoms with Gasteiger partial charge in [0.05, 0.1) is 5.39 Å².